The lowest BCUT2D eigenvalue weighted by molar-refractivity contribution is -0.155. The summed E-state index contributed by atoms with van der Waals surface area (Å²) in [4.78, 5) is 13.1. The molecule has 1 amide bonds. The number of alkyl halides is 1. The molecule has 0 spiro atoms. The van der Waals surface area contributed by atoms with Crippen molar-refractivity contribution in [1.29, 1.82) is 0 Å². The van der Waals surface area contributed by atoms with Crippen LogP contribution in [0.2, 0.25) is 0 Å². The highest BCUT2D eigenvalue weighted by molar-refractivity contribution is 7.88. The van der Waals surface area contributed by atoms with Crippen molar-refractivity contribution >= 4 is 32.3 Å². The summed E-state index contributed by atoms with van der Waals surface area (Å²) in [6, 6.07) is 1.67. The van der Waals surface area contributed by atoms with Crippen molar-refractivity contribution in [2.45, 2.75) is 50.3 Å². The molecule has 0 aromatic carbocycles. The molecule has 150 valence electrons. The van der Waals surface area contributed by atoms with E-state index in [4.69, 9.17) is 0 Å². The highest BCUT2D eigenvalue weighted by atomic mass is 32.2. The quantitative estimate of drug-likeness (QED) is 0.664. The summed E-state index contributed by atoms with van der Waals surface area (Å²) in [6.07, 6.45) is 3.91. The van der Waals surface area contributed by atoms with Crippen LogP contribution in [-0.2, 0) is 14.8 Å². The summed E-state index contributed by atoms with van der Waals surface area (Å²) in [5.41, 5.74) is -1.39. The molecule has 5 rings (SSSR count). The number of halogens is 1. The average Bonchev–Trinajstić information content (AvgIpc) is 2.97. The average molecular weight is 417 g/mol. The standard InChI is InChI=1S/C18H25FN2O4S2/c1-27(24,25)20-9-14(22)13-2-3-26-15(13)21-16(23)17-5-11-4-12(6-17)8-18(19,7-11)10-17/h2-3,11-12,14,20,22H,4-10H2,1H3,(H,21,23). The molecule has 4 saturated carbocycles. The maximum absolute atomic E-state index is 15.1. The largest absolute Gasteiger partial charge is 0.387 e. The number of carbonyl (C=O) groups is 1. The van der Waals surface area contributed by atoms with Crippen molar-refractivity contribution in [2.24, 2.45) is 17.3 Å². The van der Waals surface area contributed by atoms with Crippen molar-refractivity contribution in [3.8, 4) is 0 Å². The van der Waals surface area contributed by atoms with Crippen molar-refractivity contribution < 1.29 is 22.7 Å². The van der Waals surface area contributed by atoms with Crippen molar-refractivity contribution in [1.82, 2.24) is 4.72 Å². The Morgan fingerprint density at radius 2 is 2.04 bits per heavy atom. The summed E-state index contributed by atoms with van der Waals surface area (Å²) < 4.78 is 39.8. The van der Waals surface area contributed by atoms with Gasteiger partial charge in [-0.25, -0.2) is 17.5 Å². The number of aliphatic hydroxyl groups is 1. The number of hydrogen-bond donors (Lipinski definition) is 3. The van der Waals surface area contributed by atoms with Gasteiger partial charge < -0.3 is 10.4 Å². The molecule has 0 saturated heterocycles. The zero-order valence-corrected chi connectivity index (χ0v) is 16.8. The van der Waals surface area contributed by atoms with Gasteiger partial charge in [0.25, 0.3) is 0 Å². The van der Waals surface area contributed by atoms with Crippen LogP contribution in [0.4, 0.5) is 9.39 Å². The van der Waals surface area contributed by atoms with Gasteiger partial charge in [-0.2, -0.15) is 0 Å². The van der Waals surface area contributed by atoms with Crippen molar-refractivity contribution in [3.63, 3.8) is 0 Å². The van der Waals surface area contributed by atoms with Gasteiger partial charge in [0.05, 0.1) is 17.8 Å². The minimum absolute atomic E-state index is 0.161. The molecule has 3 unspecified atom stereocenters. The number of aliphatic hydroxyl groups excluding tert-OH is 1. The van der Waals surface area contributed by atoms with Crippen molar-refractivity contribution in [3.05, 3.63) is 17.0 Å². The summed E-state index contributed by atoms with van der Waals surface area (Å²) in [6.45, 7) is -0.165. The second kappa shape index (κ2) is 6.50. The highest BCUT2D eigenvalue weighted by Crippen LogP contribution is 2.63. The molecule has 3 atom stereocenters. The topological polar surface area (TPSA) is 95.5 Å². The van der Waals surface area contributed by atoms with Crippen LogP contribution in [0, 0.1) is 17.3 Å². The van der Waals surface area contributed by atoms with Crippen LogP contribution in [0.15, 0.2) is 11.4 Å². The van der Waals surface area contributed by atoms with Crippen LogP contribution >= 0.6 is 11.3 Å². The Labute approximate surface area is 162 Å². The van der Waals surface area contributed by atoms with E-state index in [1.807, 2.05) is 0 Å². The van der Waals surface area contributed by atoms with Gasteiger partial charge in [-0.3, -0.25) is 4.79 Å². The second-order valence-electron chi connectivity index (χ2n) is 8.69. The molecule has 1 heterocycles. The fourth-order valence-electron chi connectivity index (χ4n) is 5.68. The minimum Gasteiger partial charge on any atom is -0.387 e. The zero-order valence-electron chi connectivity index (χ0n) is 15.2. The smallest absolute Gasteiger partial charge is 0.231 e. The first kappa shape index (κ1) is 19.3. The van der Waals surface area contributed by atoms with E-state index in [2.05, 4.69) is 10.0 Å². The Morgan fingerprint density at radius 1 is 1.37 bits per heavy atom. The summed E-state index contributed by atoms with van der Waals surface area (Å²) in [7, 11) is -3.42. The van der Waals surface area contributed by atoms with Gasteiger partial charge in [-0.15, -0.1) is 11.3 Å². The predicted molar refractivity (Wildman–Crippen MR) is 102 cm³/mol. The summed E-state index contributed by atoms with van der Waals surface area (Å²) in [5.74, 6) is 0.411. The molecular weight excluding hydrogens is 391 g/mol. The number of carbonyl (C=O) groups excluding carboxylic acids is 1. The fourth-order valence-corrected chi connectivity index (χ4v) is 6.98. The van der Waals surface area contributed by atoms with Gasteiger partial charge >= 0.3 is 0 Å². The van der Waals surface area contributed by atoms with Gasteiger partial charge in [0.15, 0.2) is 0 Å². The molecular formula is C18H25FN2O4S2. The normalized spacial score (nSPS) is 36.0. The second-order valence-corrected chi connectivity index (χ2v) is 11.4. The number of nitrogens with one attached hydrogen (secondary N) is 2. The number of amides is 1. The van der Waals surface area contributed by atoms with E-state index in [0.29, 0.717) is 23.4 Å². The van der Waals surface area contributed by atoms with E-state index in [9.17, 15) is 18.3 Å². The molecule has 4 aliphatic rings. The third-order valence-corrected chi connectivity index (χ3v) is 7.83. The maximum Gasteiger partial charge on any atom is 0.231 e. The zero-order chi connectivity index (χ0) is 19.4. The Balaban J connectivity index is 1.49. The van der Waals surface area contributed by atoms with Crippen molar-refractivity contribution in [2.75, 3.05) is 18.1 Å². The Kier molecular flexibility index (Phi) is 4.65. The van der Waals surface area contributed by atoms with E-state index < -0.39 is 27.2 Å². The molecule has 9 heteroatoms. The molecule has 4 aliphatic carbocycles. The first-order chi connectivity index (χ1) is 12.6. The molecule has 4 bridgehead atoms. The van der Waals surface area contributed by atoms with Crippen LogP contribution < -0.4 is 10.0 Å². The van der Waals surface area contributed by atoms with E-state index in [1.165, 1.54) is 11.3 Å². The van der Waals surface area contributed by atoms with Gasteiger partial charge in [-0.05, 0) is 61.8 Å². The maximum atomic E-state index is 15.1. The lowest BCUT2D eigenvalue weighted by Crippen LogP contribution is -2.57. The SMILES string of the molecule is CS(=O)(=O)NCC(O)c1ccsc1NC(=O)C12CC3CC(CC(F)(C3)C1)C2. The predicted octanol–water partition coefficient (Wildman–Crippen LogP) is 2.58. The van der Waals surface area contributed by atoms with Gasteiger partial charge in [-0.1, -0.05) is 0 Å². The van der Waals surface area contributed by atoms with Gasteiger partial charge in [0.2, 0.25) is 15.9 Å². The third kappa shape index (κ3) is 3.79. The summed E-state index contributed by atoms with van der Waals surface area (Å²) >= 11 is 1.28. The lowest BCUT2D eigenvalue weighted by Gasteiger charge is -2.58. The molecule has 4 fully saturated rings. The third-order valence-electron chi connectivity index (χ3n) is 6.29. The molecule has 0 aliphatic heterocycles. The van der Waals surface area contributed by atoms with Crippen LogP contribution in [-0.4, -0.2) is 37.9 Å². The molecule has 3 N–H and O–H groups in total. The van der Waals surface area contributed by atoms with Gasteiger partial charge in [0.1, 0.15) is 10.7 Å². The molecule has 1 aromatic rings. The van der Waals surface area contributed by atoms with Gasteiger partial charge in [0, 0.05) is 12.1 Å². The molecule has 27 heavy (non-hydrogen) atoms. The Hall–Kier alpha value is -1.03. The number of sulfonamides is 1. The number of hydrogen-bond acceptors (Lipinski definition) is 5. The van der Waals surface area contributed by atoms with Crippen LogP contribution in [0.3, 0.4) is 0 Å². The summed E-state index contributed by atoms with van der Waals surface area (Å²) in [5, 5.41) is 15.5. The molecule has 1 aromatic heterocycles. The van der Waals surface area contributed by atoms with E-state index in [-0.39, 0.29) is 30.7 Å². The van der Waals surface area contributed by atoms with Crippen LogP contribution in [0.5, 0.6) is 0 Å². The highest BCUT2D eigenvalue weighted by Gasteiger charge is 2.61. The fraction of sp³-hybridized carbons (Fsp3) is 0.722. The Morgan fingerprint density at radius 3 is 2.63 bits per heavy atom. The van der Waals surface area contributed by atoms with E-state index >= 15 is 4.39 Å². The number of anilines is 1. The lowest BCUT2D eigenvalue weighted by atomic mass is 9.48. The first-order valence-electron chi connectivity index (χ1n) is 9.28. The monoisotopic (exact) mass is 416 g/mol. The number of rotatable bonds is 6. The number of thiophene rings is 1. The van der Waals surface area contributed by atoms with Crippen LogP contribution in [0.25, 0.3) is 0 Å². The Bertz CT molecular complexity index is 839. The first-order valence-corrected chi connectivity index (χ1v) is 12.1. The van der Waals surface area contributed by atoms with Crippen LogP contribution in [0.1, 0.15) is 50.2 Å². The van der Waals surface area contributed by atoms with E-state index in [1.54, 1.807) is 11.4 Å². The minimum atomic E-state index is -3.42. The molecule has 0 radical (unpaired) electrons. The molecule has 6 nitrogen and oxygen atoms in total. The van der Waals surface area contributed by atoms with E-state index in [0.717, 1.165) is 25.5 Å².